The highest BCUT2D eigenvalue weighted by atomic mass is 16.6. The fourth-order valence-electron chi connectivity index (χ4n) is 3.17. The molecule has 2 aromatic carbocycles. The SMILES string of the molecule is Cc1cc(=O)oc2c(C)c(OC(=O)C(NC(=O)OCc3ccccc3)C(C)C)ccc12. The smallest absolute Gasteiger partial charge is 0.408 e. The van der Waals surface area contributed by atoms with Crippen molar-refractivity contribution < 1.29 is 23.5 Å². The highest BCUT2D eigenvalue weighted by Gasteiger charge is 2.27. The van der Waals surface area contributed by atoms with E-state index in [1.165, 1.54) is 6.07 Å². The summed E-state index contributed by atoms with van der Waals surface area (Å²) in [5.41, 5.74) is 2.03. The topological polar surface area (TPSA) is 94.8 Å². The van der Waals surface area contributed by atoms with Gasteiger partial charge in [0.05, 0.1) is 0 Å². The molecule has 0 fully saturated rings. The number of hydrogen-bond acceptors (Lipinski definition) is 6. The second-order valence-electron chi connectivity index (χ2n) is 7.66. The Bertz CT molecular complexity index is 1150. The minimum atomic E-state index is -0.914. The van der Waals surface area contributed by atoms with E-state index in [-0.39, 0.29) is 18.3 Å². The van der Waals surface area contributed by atoms with Crippen LogP contribution < -0.4 is 15.7 Å². The third-order valence-electron chi connectivity index (χ3n) is 4.94. The minimum absolute atomic E-state index is 0.0920. The van der Waals surface area contributed by atoms with E-state index >= 15 is 0 Å². The van der Waals surface area contributed by atoms with Gasteiger partial charge in [-0.25, -0.2) is 14.4 Å². The van der Waals surface area contributed by atoms with Gasteiger partial charge >= 0.3 is 17.7 Å². The average Bonchev–Trinajstić information content (AvgIpc) is 2.73. The molecule has 1 amide bonds. The summed E-state index contributed by atoms with van der Waals surface area (Å²) in [7, 11) is 0. The number of fused-ring (bicyclic) bond motifs is 1. The number of aryl methyl sites for hydroxylation is 2. The molecule has 0 aliphatic heterocycles. The number of carbonyl (C=O) groups is 2. The molecule has 3 aromatic rings. The third-order valence-corrected chi connectivity index (χ3v) is 4.94. The van der Waals surface area contributed by atoms with E-state index in [4.69, 9.17) is 13.9 Å². The number of hydrogen-bond donors (Lipinski definition) is 1. The maximum Gasteiger partial charge on any atom is 0.408 e. The quantitative estimate of drug-likeness (QED) is 0.362. The predicted octanol–water partition coefficient (Wildman–Crippen LogP) is 4.27. The molecule has 162 valence electrons. The molecule has 31 heavy (non-hydrogen) atoms. The van der Waals surface area contributed by atoms with E-state index in [0.717, 1.165) is 16.5 Å². The average molecular weight is 423 g/mol. The first-order valence-electron chi connectivity index (χ1n) is 9.99. The lowest BCUT2D eigenvalue weighted by Gasteiger charge is -2.21. The maximum absolute atomic E-state index is 12.8. The highest BCUT2D eigenvalue weighted by molar-refractivity contribution is 5.87. The Balaban J connectivity index is 1.72. The van der Waals surface area contributed by atoms with Crippen LogP contribution in [0.25, 0.3) is 11.0 Å². The van der Waals surface area contributed by atoms with E-state index in [0.29, 0.717) is 11.1 Å². The molecule has 0 aliphatic rings. The van der Waals surface area contributed by atoms with Gasteiger partial charge in [0, 0.05) is 17.0 Å². The second kappa shape index (κ2) is 9.47. The summed E-state index contributed by atoms with van der Waals surface area (Å²) in [6, 6.07) is 13.1. The van der Waals surface area contributed by atoms with Crippen molar-refractivity contribution in [3.8, 4) is 5.75 Å². The lowest BCUT2D eigenvalue weighted by Crippen LogP contribution is -2.46. The van der Waals surface area contributed by atoms with Crippen molar-refractivity contribution in [2.75, 3.05) is 0 Å². The number of benzene rings is 2. The van der Waals surface area contributed by atoms with Crippen LogP contribution in [0.1, 0.15) is 30.5 Å². The van der Waals surface area contributed by atoms with Gasteiger partial charge in [-0.15, -0.1) is 0 Å². The molecule has 1 aromatic heterocycles. The zero-order valence-corrected chi connectivity index (χ0v) is 17.9. The first kappa shape index (κ1) is 22.1. The molecule has 3 rings (SSSR count). The third kappa shape index (κ3) is 5.31. The van der Waals surface area contributed by atoms with Gasteiger partial charge < -0.3 is 19.2 Å². The monoisotopic (exact) mass is 423 g/mol. The lowest BCUT2D eigenvalue weighted by molar-refractivity contribution is -0.137. The van der Waals surface area contributed by atoms with Crippen molar-refractivity contribution in [2.45, 2.75) is 40.3 Å². The minimum Gasteiger partial charge on any atom is -0.445 e. The summed E-state index contributed by atoms with van der Waals surface area (Å²) in [6.07, 6.45) is -0.712. The number of alkyl carbamates (subject to hydrolysis) is 1. The first-order valence-corrected chi connectivity index (χ1v) is 9.99. The summed E-state index contributed by atoms with van der Waals surface area (Å²) >= 11 is 0. The fourth-order valence-corrected chi connectivity index (χ4v) is 3.17. The number of amides is 1. The van der Waals surface area contributed by atoms with Gasteiger partial charge in [0.25, 0.3) is 0 Å². The Morgan fingerprint density at radius 3 is 2.45 bits per heavy atom. The number of ether oxygens (including phenoxy) is 2. The molecular formula is C24H25NO6. The van der Waals surface area contributed by atoms with Gasteiger partial charge in [-0.1, -0.05) is 44.2 Å². The van der Waals surface area contributed by atoms with E-state index in [2.05, 4.69) is 5.32 Å². The van der Waals surface area contributed by atoms with E-state index in [1.54, 1.807) is 32.9 Å². The molecule has 1 unspecified atom stereocenters. The molecule has 0 radical (unpaired) electrons. The predicted molar refractivity (Wildman–Crippen MR) is 116 cm³/mol. The van der Waals surface area contributed by atoms with Crippen LogP contribution in [-0.4, -0.2) is 18.1 Å². The van der Waals surface area contributed by atoms with E-state index in [1.807, 2.05) is 37.3 Å². The van der Waals surface area contributed by atoms with Crippen molar-refractivity contribution in [1.29, 1.82) is 0 Å². The van der Waals surface area contributed by atoms with Crippen LogP contribution in [0.2, 0.25) is 0 Å². The van der Waals surface area contributed by atoms with Crippen LogP contribution in [0.3, 0.4) is 0 Å². The lowest BCUT2D eigenvalue weighted by atomic mass is 10.0. The largest absolute Gasteiger partial charge is 0.445 e. The van der Waals surface area contributed by atoms with E-state index in [9.17, 15) is 14.4 Å². The molecule has 7 nitrogen and oxygen atoms in total. The summed E-state index contributed by atoms with van der Waals surface area (Å²) in [5.74, 6) is -0.613. The van der Waals surface area contributed by atoms with Gasteiger partial charge in [-0.3, -0.25) is 0 Å². The number of rotatable bonds is 6. The van der Waals surface area contributed by atoms with Crippen LogP contribution in [0, 0.1) is 19.8 Å². The van der Waals surface area contributed by atoms with Crippen LogP contribution in [-0.2, 0) is 16.1 Å². The Labute approximate surface area is 180 Å². The highest BCUT2D eigenvalue weighted by Crippen LogP contribution is 2.28. The number of nitrogens with one attached hydrogen (secondary N) is 1. The van der Waals surface area contributed by atoms with Crippen LogP contribution in [0.15, 0.2) is 57.7 Å². The zero-order chi connectivity index (χ0) is 22.5. The van der Waals surface area contributed by atoms with Crippen molar-refractivity contribution in [3.63, 3.8) is 0 Å². The van der Waals surface area contributed by atoms with Gasteiger partial charge in [-0.05, 0) is 43.0 Å². The summed E-state index contributed by atoms with van der Waals surface area (Å²) in [5, 5.41) is 3.34. The number of esters is 1. The second-order valence-corrected chi connectivity index (χ2v) is 7.66. The molecule has 0 saturated carbocycles. The molecule has 0 saturated heterocycles. The Morgan fingerprint density at radius 2 is 1.77 bits per heavy atom. The Hall–Kier alpha value is -3.61. The molecule has 7 heteroatoms. The van der Waals surface area contributed by atoms with Gasteiger partial charge in [0.15, 0.2) is 0 Å². The van der Waals surface area contributed by atoms with Gasteiger partial charge in [0.1, 0.15) is 24.0 Å². The fraction of sp³-hybridized carbons (Fsp3) is 0.292. The van der Waals surface area contributed by atoms with Crippen molar-refractivity contribution in [3.05, 3.63) is 75.6 Å². The van der Waals surface area contributed by atoms with E-state index < -0.39 is 23.7 Å². The maximum atomic E-state index is 12.8. The van der Waals surface area contributed by atoms with Gasteiger partial charge in [0.2, 0.25) is 0 Å². The van der Waals surface area contributed by atoms with Crippen molar-refractivity contribution >= 4 is 23.0 Å². The zero-order valence-electron chi connectivity index (χ0n) is 17.9. The molecule has 0 bridgehead atoms. The molecule has 0 spiro atoms. The van der Waals surface area contributed by atoms with Crippen molar-refractivity contribution in [1.82, 2.24) is 5.32 Å². The molecule has 1 N–H and O–H groups in total. The molecule has 1 heterocycles. The first-order chi connectivity index (χ1) is 14.8. The summed E-state index contributed by atoms with van der Waals surface area (Å²) in [4.78, 5) is 36.8. The summed E-state index contributed by atoms with van der Waals surface area (Å²) in [6.45, 7) is 7.19. The van der Waals surface area contributed by atoms with Crippen LogP contribution in [0.5, 0.6) is 5.75 Å². The Morgan fingerprint density at radius 1 is 1.06 bits per heavy atom. The standard InChI is InChI=1S/C24H25NO6/c1-14(2)21(25-24(28)29-13-17-8-6-5-7-9-17)23(27)30-19-11-10-18-15(3)12-20(26)31-22(18)16(19)4/h5-12,14,21H,13H2,1-4H3,(H,25,28). The van der Waals surface area contributed by atoms with Crippen LogP contribution >= 0.6 is 0 Å². The Kier molecular flexibility index (Phi) is 6.74. The van der Waals surface area contributed by atoms with Crippen LogP contribution in [0.4, 0.5) is 4.79 Å². The normalized spacial score (nSPS) is 11.9. The molecular weight excluding hydrogens is 398 g/mol. The molecule has 1 atom stereocenters. The van der Waals surface area contributed by atoms with Crippen molar-refractivity contribution in [2.24, 2.45) is 5.92 Å². The summed E-state index contributed by atoms with van der Waals surface area (Å²) < 4.78 is 16.1. The number of carbonyl (C=O) groups excluding carboxylic acids is 2. The van der Waals surface area contributed by atoms with Gasteiger partial charge in [-0.2, -0.15) is 0 Å². The molecule has 0 aliphatic carbocycles.